The van der Waals surface area contributed by atoms with E-state index in [9.17, 15) is 10.1 Å². The fraction of sp³-hybridized carbons (Fsp3) is 0.882. The summed E-state index contributed by atoms with van der Waals surface area (Å²) in [5.74, 6) is 0. The van der Waals surface area contributed by atoms with Crippen molar-refractivity contribution in [2.24, 2.45) is 5.41 Å². The second kappa shape index (κ2) is 12.5. The van der Waals surface area contributed by atoms with Crippen LogP contribution < -0.4 is 0 Å². The smallest absolute Gasteiger partial charge is 0.450 e. The molecule has 0 aromatic heterocycles. The van der Waals surface area contributed by atoms with E-state index >= 15 is 0 Å². The first-order valence-electron chi connectivity index (χ1n) is 8.76. The summed E-state index contributed by atoms with van der Waals surface area (Å²) in [6, 6.07) is 2.32. The van der Waals surface area contributed by atoms with Crippen LogP contribution in [0, 0.1) is 16.7 Å². The van der Waals surface area contributed by atoms with Crippen LogP contribution in [-0.4, -0.2) is 17.9 Å². The molecule has 122 valence electrons. The Bertz CT molecular complexity index is 330. The predicted octanol–water partition coefficient (Wildman–Crippen LogP) is 5.52. The second-order valence-corrected chi connectivity index (χ2v) is 5.91. The zero-order chi connectivity index (χ0) is 16.7. The van der Waals surface area contributed by atoms with E-state index in [1.54, 1.807) is 0 Å². The van der Waals surface area contributed by atoms with E-state index in [4.69, 9.17) is 6.17 Å². The average Bonchev–Trinajstić information content (AvgIpc) is 2.54. The zero-order valence-electron chi connectivity index (χ0n) is 14.7. The molecule has 0 aromatic carbocycles. The quantitative estimate of drug-likeness (QED) is 0.359. The van der Waals surface area contributed by atoms with Crippen molar-refractivity contribution >= 4 is 6.16 Å². The highest BCUT2D eigenvalue weighted by molar-refractivity contribution is 5.56. The summed E-state index contributed by atoms with van der Waals surface area (Å²) in [6.07, 6.45) is 11.0. The Kier molecular flexibility index (Phi) is 10.6. The van der Waals surface area contributed by atoms with E-state index in [1.807, 2.05) is 6.92 Å². The number of carboxylic acid groups (broad SMARTS) is 1. The van der Waals surface area contributed by atoms with Crippen LogP contribution >= 0.6 is 0 Å². The zero-order valence-corrected chi connectivity index (χ0v) is 13.7. The summed E-state index contributed by atoms with van der Waals surface area (Å²) < 4.78 is 11.3. The molecule has 4 nitrogen and oxygen atoms in total. The van der Waals surface area contributed by atoms with Crippen molar-refractivity contribution < 1.29 is 14.6 Å². The lowest BCUT2D eigenvalue weighted by molar-refractivity contribution is 0.0562. The number of hydrogen-bond acceptors (Lipinski definition) is 4. The minimum Gasteiger partial charge on any atom is -0.450 e. The van der Waals surface area contributed by atoms with Gasteiger partial charge < -0.3 is 9.85 Å². The number of hydrogen-bond donors (Lipinski definition) is 1. The Morgan fingerprint density at radius 2 is 1.71 bits per heavy atom. The van der Waals surface area contributed by atoms with Crippen molar-refractivity contribution in [3.05, 3.63) is 0 Å². The first-order valence-corrected chi connectivity index (χ1v) is 8.35. The summed E-state index contributed by atoms with van der Waals surface area (Å²) in [5, 5.41) is 13.2. The van der Waals surface area contributed by atoms with Crippen molar-refractivity contribution in [1.29, 1.82) is 6.69 Å². The fourth-order valence-corrected chi connectivity index (χ4v) is 2.69. The highest BCUT2D eigenvalue weighted by Crippen LogP contribution is 2.30. The minimum absolute atomic E-state index is 0.0194. The number of carbonyl (C=O) groups is 1. The van der Waals surface area contributed by atoms with E-state index in [-0.39, 0.29) is 6.61 Å². The van der Waals surface area contributed by atoms with Crippen LogP contribution in [0.1, 0.15) is 84.5 Å². The summed E-state index contributed by atoms with van der Waals surface area (Å²) in [5.41, 5.74) is -0.634. The highest BCUT2D eigenvalue weighted by atomic mass is 16.7. The molecule has 0 radical (unpaired) electrons. The Labute approximate surface area is 131 Å². The lowest BCUT2D eigenvalue weighted by Gasteiger charge is -2.25. The molecule has 0 aliphatic rings. The molecule has 0 aliphatic heterocycles. The van der Waals surface area contributed by atoms with Crippen LogP contribution in [-0.2, 0) is 4.74 Å². The summed E-state index contributed by atoms with van der Waals surface area (Å²) in [7, 11) is 0. The van der Waals surface area contributed by atoms with E-state index in [0.29, 0.717) is 6.42 Å². The molecule has 0 amide bonds. The fourth-order valence-electron chi connectivity index (χ4n) is 2.69. The van der Waals surface area contributed by atoms with Gasteiger partial charge in [-0.05, 0) is 12.8 Å². The Morgan fingerprint density at radius 3 is 2.24 bits per heavy atom. The Balaban J connectivity index is 4.03. The largest absolute Gasteiger partial charge is 0.505 e. The molecule has 0 saturated carbocycles. The molecular formula is C17H31NO3. The van der Waals surface area contributed by atoms with Gasteiger partial charge in [0.15, 0.2) is 0 Å². The molecule has 0 aliphatic carbocycles. The van der Waals surface area contributed by atoms with Gasteiger partial charge in [0.05, 0.1) is 11.5 Å². The van der Waals surface area contributed by atoms with Gasteiger partial charge in [-0.25, -0.2) is 4.79 Å². The topological polar surface area (TPSA) is 70.3 Å². The van der Waals surface area contributed by atoms with Crippen molar-refractivity contribution in [3.63, 3.8) is 0 Å². The van der Waals surface area contributed by atoms with Gasteiger partial charge in [0.2, 0.25) is 0 Å². The van der Waals surface area contributed by atoms with Gasteiger partial charge in [-0.3, -0.25) is 0 Å². The molecule has 1 unspecified atom stereocenters. The SMILES string of the molecule is [3H]OC(=O)OCC(C#N)(CCC)CCCCCCCCCC. The third-order valence-corrected chi connectivity index (χ3v) is 3.94. The van der Waals surface area contributed by atoms with Gasteiger partial charge >= 0.3 is 7.59 Å². The summed E-state index contributed by atoms with van der Waals surface area (Å²) in [6.45, 7) is 4.25. The molecule has 0 saturated heterocycles. The molecule has 0 fully saturated rings. The normalized spacial score (nSPS) is 13.9. The lowest BCUT2D eigenvalue weighted by Crippen LogP contribution is -2.26. The number of nitriles is 1. The second-order valence-electron chi connectivity index (χ2n) is 5.91. The van der Waals surface area contributed by atoms with Gasteiger partial charge in [-0.2, -0.15) is 5.26 Å². The van der Waals surface area contributed by atoms with Gasteiger partial charge in [-0.1, -0.05) is 71.6 Å². The van der Waals surface area contributed by atoms with Crippen LogP contribution in [0.25, 0.3) is 1.43 Å². The maximum absolute atomic E-state index is 10.9. The van der Waals surface area contributed by atoms with Gasteiger partial charge in [0.1, 0.15) is 6.61 Å². The summed E-state index contributed by atoms with van der Waals surface area (Å²) in [4.78, 5) is 10.9. The minimum atomic E-state index is -1.04. The lowest BCUT2D eigenvalue weighted by atomic mass is 9.80. The van der Waals surface area contributed by atoms with Gasteiger partial charge in [0.25, 0.3) is 0 Å². The molecule has 0 bridgehead atoms. The predicted molar refractivity (Wildman–Crippen MR) is 84.2 cm³/mol. The van der Waals surface area contributed by atoms with Crippen molar-refractivity contribution in [3.8, 4) is 6.07 Å². The molecule has 0 aromatic rings. The van der Waals surface area contributed by atoms with Gasteiger partial charge in [-0.15, -0.1) is 0 Å². The number of ether oxygens (including phenoxy) is 1. The van der Waals surface area contributed by atoms with Crippen LogP contribution in [0.3, 0.4) is 0 Å². The number of nitrogens with zero attached hydrogens (tertiary/aromatic N) is 1. The van der Waals surface area contributed by atoms with E-state index in [1.165, 1.54) is 38.5 Å². The molecule has 4 heteroatoms. The number of rotatable bonds is 13. The van der Waals surface area contributed by atoms with Crippen molar-refractivity contribution in [2.45, 2.75) is 84.5 Å². The van der Waals surface area contributed by atoms with Crippen LogP contribution in [0.15, 0.2) is 0 Å². The molecule has 0 rings (SSSR count). The van der Waals surface area contributed by atoms with E-state index < -0.39 is 11.6 Å². The van der Waals surface area contributed by atoms with E-state index in [0.717, 1.165) is 25.7 Å². The van der Waals surface area contributed by atoms with Crippen LogP contribution in [0.5, 0.6) is 0 Å². The first-order chi connectivity index (χ1) is 10.6. The first kappa shape index (κ1) is 17.8. The molecule has 0 heterocycles. The molecule has 0 spiro atoms. The third-order valence-electron chi connectivity index (χ3n) is 3.94. The maximum atomic E-state index is 10.9. The molecular weight excluding hydrogens is 266 g/mol. The van der Waals surface area contributed by atoms with Crippen molar-refractivity contribution in [2.75, 3.05) is 6.61 Å². The summed E-state index contributed by atoms with van der Waals surface area (Å²) >= 11 is 0. The van der Waals surface area contributed by atoms with Crippen molar-refractivity contribution in [1.82, 2.24) is 0 Å². The maximum Gasteiger partial charge on any atom is 0.505 e. The molecule has 21 heavy (non-hydrogen) atoms. The van der Waals surface area contributed by atoms with E-state index in [2.05, 4.69) is 18.1 Å². The Morgan fingerprint density at radius 1 is 1.10 bits per heavy atom. The molecule has 1 N–H and O–H groups in total. The Hall–Kier alpha value is -1.24. The van der Waals surface area contributed by atoms with Crippen LogP contribution in [0.2, 0.25) is 0 Å². The standard InChI is InChI=1S/C17H31NO3/c1-3-5-6-7-8-9-10-11-13-17(14-18,12-4-2)15-21-16(19)20/h3-13,15H2,1-2H3,(H,19,20)/i/hT. The monoisotopic (exact) mass is 299 g/mol. The average molecular weight is 299 g/mol. The van der Waals surface area contributed by atoms with Gasteiger partial charge in [0, 0.05) is 0 Å². The van der Waals surface area contributed by atoms with Crippen LogP contribution in [0.4, 0.5) is 4.79 Å². The third kappa shape index (κ3) is 10.2. The number of unbranched alkanes of at least 4 members (excludes halogenated alkanes) is 7. The highest BCUT2D eigenvalue weighted by Gasteiger charge is 2.30. The molecule has 1 atom stereocenters.